The highest BCUT2D eigenvalue weighted by atomic mass is 35.5. The van der Waals surface area contributed by atoms with Crippen LogP contribution in [-0.2, 0) is 0 Å². The summed E-state index contributed by atoms with van der Waals surface area (Å²) in [6, 6.07) is 12.4. The van der Waals surface area contributed by atoms with Gasteiger partial charge in [0.05, 0.1) is 5.56 Å². The van der Waals surface area contributed by atoms with Crippen LogP contribution in [0.1, 0.15) is 10.4 Å². The Hall–Kier alpha value is -1.65. The molecule has 2 rings (SSSR count). The second-order valence-corrected chi connectivity index (χ2v) is 5.17. The summed E-state index contributed by atoms with van der Waals surface area (Å²) in [4.78, 5) is 12.9. The fraction of sp³-hybridized carbons (Fsp3) is 0. The summed E-state index contributed by atoms with van der Waals surface area (Å²) in [5, 5.41) is 0.634. The number of hydrogen-bond donors (Lipinski definition) is 2. The number of nitrogen functional groups attached to an aromatic ring is 1. The maximum atomic E-state index is 11.4. The molecule has 0 fully saturated rings. The summed E-state index contributed by atoms with van der Waals surface area (Å²) in [6.45, 7) is 0. The van der Waals surface area contributed by atoms with Gasteiger partial charge in [-0.05, 0) is 30.3 Å². The number of anilines is 1. The third-order valence-electron chi connectivity index (χ3n) is 2.33. The highest BCUT2D eigenvalue weighted by molar-refractivity contribution is 7.99. The lowest BCUT2D eigenvalue weighted by molar-refractivity contribution is 0.0997. The van der Waals surface area contributed by atoms with Crippen molar-refractivity contribution in [2.45, 2.75) is 9.79 Å². The SMILES string of the molecule is NC(=O)c1cccc(N)c1Sc1cccc(Cl)c1. The fourth-order valence-electron chi connectivity index (χ4n) is 1.51. The molecule has 5 heteroatoms. The third-order valence-corrected chi connectivity index (χ3v) is 3.71. The predicted molar refractivity (Wildman–Crippen MR) is 74.9 cm³/mol. The minimum atomic E-state index is -0.494. The molecule has 0 radical (unpaired) electrons. The Morgan fingerprint density at radius 3 is 2.56 bits per heavy atom. The van der Waals surface area contributed by atoms with E-state index in [1.807, 2.05) is 18.2 Å². The van der Waals surface area contributed by atoms with E-state index in [0.717, 1.165) is 4.90 Å². The number of hydrogen-bond acceptors (Lipinski definition) is 3. The van der Waals surface area contributed by atoms with Crippen molar-refractivity contribution in [2.75, 3.05) is 5.73 Å². The number of halogens is 1. The summed E-state index contributed by atoms with van der Waals surface area (Å²) in [7, 11) is 0. The van der Waals surface area contributed by atoms with Crippen molar-refractivity contribution in [1.29, 1.82) is 0 Å². The summed E-state index contributed by atoms with van der Waals surface area (Å²) >= 11 is 7.29. The van der Waals surface area contributed by atoms with Gasteiger partial charge in [-0.15, -0.1) is 0 Å². The Morgan fingerprint density at radius 1 is 1.17 bits per heavy atom. The summed E-state index contributed by atoms with van der Waals surface area (Å²) < 4.78 is 0. The van der Waals surface area contributed by atoms with Crippen molar-refractivity contribution < 1.29 is 4.79 Å². The first-order valence-corrected chi connectivity index (χ1v) is 6.39. The van der Waals surface area contributed by atoms with Gasteiger partial charge in [0, 0.05) is 20.5 Å². The molecule has 1 amide bonds. The Balaban J connectivity index is 2.42. The molecular formula is C13H11ClN2OS. The minimum Gasteiger partial charge on any atom is -0.398 e. The summed E-state index contributed by atoms with van der Waals surface area (Å²) in [5.41, 5.74) is 12.2. The van der Waals surface area contributed by atoms with Gasteiger partial charge < -0.3 is 11.5 Å². The van der Waals surface area contributed by atoms with Crippen molar-refractivity contribution in [3.05, 3.63) is 53.1 Å². The van der Waals surface area contributed by atoms with Crippen LogP contribution in [0.5, 0.6) is 0 Å². The van der Waals surface area contributed by atoms with Crippen LogP contribution in [0, 0.1) is 0 Å². The molecule has 0 heterocycles. The van der Waals surface area contributed by atoms with Gasteiger partial charge in [-0.3, -0.25) is 4.79 Å². The van der Waals surface area contributed by atoms with Crippen LogP contribution >= 0.6 is 23.4 Å². The molecule has 0 bridgehead atoms. The summed E-state index contributed by atoms with van der Waals surface area (Å²) in [5.74, 6) is -0.494. The molecule has 0 aromatic heterocycles. The van der Waals surface area contributed by atoms with Crippen molar-refractivity contribution in [3.63, 3.8) is 0 Å². The zero-order valence-electron chi connectivity index (χ0n) is 9.39. The molecule has 18 heavy (non-hydrogen) atoms. The first-order valence-electron chi connectivity index (χ1n) is 5.19. The Labute approximate surface area is 114 Å². The Kier molecular flexibility index (Phi) is 3.79. The lowest BCUT2D eigenvalue weighted by Crippen LogP contribution is -2.12. The maximum Gasteiger partial charge on any atom is 0.249 e. The van der Waals surface area contributed by atoms with Crippen LogP contribution < -0.4 is 11.5 Å². The van der Waals surface area contributed by atoms with E-state index in [4.69, 9.17) is 23.1 Å². The average molecular weight is 279 g/mol. The molecule has 0 spiro atoms. The smallest absolute Gasteiger partial charge is 0.249 e. The average Bonchev–Trinajstić information content (AvgIpc) is 2.31. The molecule has 2 aromatic rings. The number of benzene rings is 2. The van der Waals surface area contributed by atoms with E-state index in [2.05, 4.69) is 0 Å². The van der Waals surface area contributed by atoms with E-state index in [9.17, 15) is 4.79 Å². The first kappa shape index (κ1) is 12.8. The monoisotopic (exact) mass is 278 g/mol. The largest absolute Gasteiger partial charge is 0.398 e. The molecule has 0 aliphatic carbocycles. The molecule has 4 N–H and O–H groups in total. The lowest BCUT2D eigenvalue weighted by atomic mass is 10.2. The zero-order chi connectivity index (χ0) is 13.1. The molecule has 0 saturated heterocycles. The number of rotatable bonds is 3. The summed E-state index contributed by atoms with van der Waals surface area (Å²) in [6.07, 6.45) is 0. The lowest BCUT2D eigenvalue weighted by Gasteiger charge is -2.09. The second-order valence-electron chi connectivity index (χ2n) is 3.65. The maximum absolute atomic E-state index is 11.4. The van der Waals surface area contributed by atoms with Crippen molar-refractivity contribution in [1.82, 2.24) is 0 Å². The van der Waals surface area contributed by atoms with Gasteiger partial charge in [0.1, 0.15) is 0 Å². The first-order chi connectivity index (χ1) is 8.58. The highest BCUT2D eigenvalue weighted by Crippen LogP contribution is 2.35. The van der Waals surface area contributed by atoms with Crippen molar-refractivity contribution in [2.24, 2.45) is 5.73 Å². The molecule has 0 aliphatic heterocycles. The number of carbonyl (C=O) groups excluding carboxylic acids is 1. The Bertz CT molecular complexity index is 601. The van der Waals surface area contributed by atoms with Gasteiger partial charge in [-0.1, -0.05) is 35.5 Å². The van der Waals surface area contributed by atoms with E-state index >= 15 is 0 Å². The fourth-order valence-corrected chi connectivity index (χ4v) is 2.80. The molecule has 0 aliphatic rings. The van der Waals surface area contributed by atoms with Crippen LogP contribution in [0.15, 0.2) is 52.3 Å². The quantitative estimate of drug-likeness (QED) is 0.847. The van der Waals surface area contributed by atoms with Crippen LogP contribution in [0.3, 0.4) is 0 Å². The molecule has 92 valence electrons. The molecule has 0 unspecified atom stereocenters. The van der Waals surface area contributed by atoms with Crippen LogP contribution in [0.25, 0.3) is 0 Å². The minimum absolute atomic E-state index is 0.417. The van der Waals surface area contributed by atoms with Crippen LogP contribution in [0.2, 0.25) is 5.02 Å². The van der Waals surface area contributed by atoms with Crippen LogP contribution in [0.4, 0.5) is 5.69 Å². The zero-order valence-corrected chi connectivity index (χ0v) is 11.0. The topological polar surface area (TPSA) is 69.1 Å². The standard InChI is InChI=1S/C13H11ClN2OS/c14-8-3-1-4-9(7-8)18-12-10(13(16)17)5-2-6-11(12)15/h1-7H,15H2,(H2,16,17). The van der Waals surface area contributed by atoms with E-state index in [0.29, 0.717) is 21.2 Å². The normalized spacial score (nSPS) is 10.3. The van der Waals surface area contributed by atoms with Crippen molar-refractivity contribution >= 4 is 35.0 Å². The molecule has 0 saturated carbocycles. The Morgan fingerprint density at radius 2 is 1.89 bits per heavy atom. The van der Waals surface area contributed by atoms with E-state index in [1.165, 1.54) is 11.8 Å². The van der Waals surface area contributed by atoms with Gasteiger partial charge >= 0.3 is 0 Å². The number of carbonyl (C=O) groups is 1. The van der Waals surface area contributed by atoms with E-state index < -0.39 is 5.91 Å². The van der Waals surface area contributed by atoms with Crippen LogP contribution in [-0.4, -0.2) is 5.91 Å². The van der Waals surface area contributed by atoms with Gasteiger partial charge in [0.15, 0.2) is 0 Å². The molecule has 2 aromatic carbocycles. The van der Waals surface area contributed by atoms with Gasteiger partial charge in [0.2, 0.25) is 5.91 Å². The number of amides is 1. The van der Waals surface area contributed by atoms with Crippen molar-refractivity contribution in [3.8, 4) is 0 Å². The molecule has 3 nitrogen and oxygen atoms in total. The van der Waals surface area contributed by atoms with Gasteiger partial charge in [0.25, 0.3) is 0 Å². The number of primary amides is 1. The van der Waals surface area contributed by atoms with E-state index in [-0.39, 0.29) is 0 Å². The van der Waals surface area contributed by atoms with Gasteiger partial charge in [-0.2, -0.15) is 0 Å². The highest BCUT2D eigenvalue weighted by Gasteiger charge is 2.12. The van der Waals surface area contributed by atoms with E-state index in [1.54, 1.807) is 24.3 Å². The molecular weight excluding hydrogens is 268 g/mol. The third kappa shape index (κ3) is 2.78. The predicted octanol–water partition coefficient (Wildman–Crippen LogP) is 3.17. The molecule has 0 atom stereocenters. The number of nitrogens with two attached hydrogens (primary N) is 2. The van der Waals surface area contributed by atoms with Gasteiger partial charge in [-0.25, -0.2) is 0 Å². The second kappa shape index (κ2) is 5.33.